The summed E-state index contributed by atoms with van der Waals surface area (Å²) < 4.78 is 22.5. The van der Waals surface area contributed by atoms with Crippen molar-refractivity contribution in [1.29, 1.82) is 0 Å². The Morgan fingerprint density at radius 1 is 1.12 bits per heavy atom. The Hall–Kier alpha value is -0.830. The van der Waals surface area contributed by atoms with Crippen molar-refractivity contribution < 1.29 is 8.42 Å². The second-order valence-electron chi connectivity index (χ2n) is 5.18. The lowest BCUT2D eigenvalue weighted by Gasteiger charge is -2.21. The monoisotopic (exact) mass is 254 g/mol. The van der Waals surface area contributed by atoms with Crippen molar-refractivity contribution in [2.45, 2.75) is 33.1 Å². The van der Waals surface area contributed by atoms with Gasteiger partial charge >= 0.3 is 0 Å². The van der Waals surface area contributed by atoms with Crippen LogP contribution in [-0.4, -0.2) is 20.4 Å². The van der Waals surface area contributed by atoms with E-state index >= 15 is 0 Å². The summed E-state index contributed by atoms with van der Waals surface area (Å²) in [4.78, 5) is 0. The lowest BCUT2D eigenvalue weighted by Crippen LogP contribution is -2.13. The maximum atomic E-state index is 11.2. The van der Waals surface area contributed by atoms with Crippen molar-refractivity contribution in [3.05, 3.63) is 35.4 Å². The minimum Gasteiger partial charge on any atom is -0.229 e. The van der Waals surface area contributed by atoms with Crippen LogP contribution in [0.1, 0.15) is 37.3 Å². The molecule has 0 saturated carbocycles. The van der Waals surface area contributed by atoms with E-state index in [0.717, 1.165) is 0 Å². The van der Waals surface area contributed by atoms with E-state index in [4.69, 9.17) is 0 Å². The molecule has 1 aromatic rings. The Morgan fingerprint density at radius 2 is 1.65 bits per heavy atom. The van der Waals surface area contributed by atoms with Crippen LogP contribution in [0.3, 0.4) is 0 Å². The van der Waals surface area contributed by atoms with Crippen molar-refractivity contribution in [2.75, 3.05) is 12.0 Å². The standard InChI is InChI=1S/C14H22O2S/c1-11(2)14(9-10-17(4,15)16)13-7-5-12(3)6-8-13/h5-8,11,14H,9-10H2,1-4H3. The Labute approximate surface area is 105 Å². The van der Waals surface area contributed by atoms with Gasteiger partial charge in [0.25, 0.3) is 0 Å². The molecule has 1 unspecified atom stereocenters. The molecule has 1 aromatic carbocycles. The second kappa shape index (κ2) is 5.67. The van der Waals surface area contributed by atoms with Gasteiger partial charge in [-0.25, -0.2) is 8.42 Å². The minimum atomic E-state index is -2.87. The third-order valence-electron chi connectivity index (χ3n) is 3.11. The van der Waals surface area contributed by atoms with Gasteiger partial charge in [0.2, 0.25) is 0 Å². The van der Waals surface area contributed by atoms with Crippen LogP contribution >= 0.6 is 0 Å². The van der Waals surface area contributed by atoms with E-state index in [1.54, 1.807) is 0 Å². The molecule has 0 saturated heterocycles. The summed E-state index contributed by atoms with van der Waals surface area (Å²) in [5.41, 5.74) is 2.48. The minimum absolute atomic E-state index is 0.268. The van der Waals surface area contributed by atoms with Crippen LogP contribution < -0.4 is 0 Å². The average molecular weight is 254 g/mol. The Balaban J connectivity index is 2.83. The van der Waals surface area contributed by atoms with Gasteiger partial charge in [0.15, 0.2) is 0 Å². The molecule has 0 fully saturated rings. The van der Waals surface area contributed by atoms with Gasteiger partial charge < -0.3 is 0 Å². The van der Waals surface area contributed by atoms with E-state index in [9.17, 15) is 8.42 Å². The molecule has 0 aliphatic carbocycles. The SMILES string of the molecule is Cc1ccc(C(CCS(C)(=O)=O)C(C)C)cc1. The molecule has 96 valence electrons. The molecule has 0 N–H and O–H groups in total. The normalized spacial score (nSPS) is 13.9. The topological polar surface area (TPSA) is 34.1 Å². The average Bonchev–Trinajstić information content (AvgIpc) is 2.18. The van der Waals surface area contributed by atoms with Crippen molar-refractivity contribution in [3.8, 4) is 0 Å². The first kappa shape index (κ1) is 14.2. The van der Waals surface area contributed by atoms with Gasteiger partial charge in [0.05, 0.1) is 5.75 Å². The van der Waals surface area contributed by atoms with Gasteiger partial charge in [-0.3, -0.25) is 0 Å². The van der Waals surface area contributed by atoms with Crippen molar-refractivity contribution >= 4 is 9.84 Å². The van der Waals surface area contributed by atoms with Crippen LogP contribution in [-0.2, 0) is 9.84 Å². The van der Waals surface area contributed by atoms with Gasteiger partial charge in [-0.2, -0.15) is 0 Å². The molecule has 0 aliphatic heterocycles. The molecule has 0 spiro atoms. The van der Waals surface area contributed by atoms with Gasteiger partial charge in [0, 0.05) is 6.26 Å². The van der Waals surface area contributed by atoms with E-state index in [0.29, 0.717) is 18.3 Å². The number of benzene rings is 1. The smallest absolute Gasteiger partial charge is 0.147 e. The molecule has 0 amide bonds. The van der Waals surface area contributed by atoms with E-state index < -0.39 is 9.84 Å². The largest absolute Gasteiger partial charge is 0.229 e. The lowest BCUT2D eigenvalue weighted by atomic mass is 9.86. The van der Waals surface area contributed by atoms with Crippen molar-refractivity contribution in [3.63, 3.8) is 0 Å². The van der Waals surface area contributed by atoms with E-state index in [-0.39, 0.29) is 5.75 Å². The molecule has 1 atom stereocenters. The maximum Gasteiger partial charge on any atom is 0.147 e. The van der Waals surface area contributed by atoms with Crippen LogP contribution in [0, 0.1) is 12.8 Å². The fourth-order valence-corrected chi connectivity index (χ4v) is 2.72. The second-order valence-corrected chi connectivity index (χ2v) is 7.44. The Morgan fingerprint density at radius 3 is 2.06 bits per heavy atom. The predicted molar refractivity (Wildman–Crippen MR) is 73.1 cm³/mol. The highest BCUT2D eigenvalue weighted by atomic mass is 32.2. The molecule has 3 heteroatoms. The van der Waals surface area contributed by atoms with E-state index in [1.165, 1.54) is 17.4 Å². The highest BCUT2D eigenvalue weighted by molar-refractivity contribution is 7.90. The Kier molecular flexibility index (Phi) is 4.75. The summed E-state index contributed by atoms with van der Waals surface area (Å²) in [6, 6.07) is 8.40. The number of rotatable bonds is 5. The predicted octanol–water partition coefficient (Wildman–Crippen LogP) is 3.17. The number of sulfone groups is 1. The van der Waals surface area contributed by atoms with Crippen molar-refractivity contribution in [2.24, 2.45) is 5.92 Å². The molecule has 0 radical (unpaired) electrons. The van der Waals surface area contributed by atoms with Gasteiger partial charge in [-0.1, -0.05) is 43.7 Å². The first-order valence-electron chi connectivity index (χ1n) is 6.04. The molecular formula is C14H22O2S. The molecule has 1 rings (SSSR count). The highest BCUT2D eigenvalue weighted by Gasteiger charge is 2.17. The fraction of sp³-hybridized carbons (Fsp3) is 0.571. The van der Waals surface area contributed by atoms with Crippen LogP contribution in [0.5, 0.6) is 0 Å². The molecule has 0 bridgehead atoms. The first-order valence-corrected chi connectivity index (χ1v) is 8.10. The summed E-state index contributed by atoms with van der Waals surface area (Å²) in [7, 11) is -2.87. The summed E-state index contributed by atoms with van der Waals surface area (Å²) in [5, 5.41) is 0. The summed E-state index contributed by atoms with van der Waals surface area (Å²) in [6.07, 6.45) is 2.01. The van der Waals surface area contributed by atoms with E-state index in [2.05, 4.69) is 45.0 Å². The zero-order chi connectivity index (χ0) is 13.1. The molecular weight excluding hydrogens is 232 g/mol. The van der Waals surface area contributed by atoms with Crippen LogP contribution in [0.25, 0.3) is 0 Å². The molecule has 2 nitrogen and oxygen atoms in total. The lowest BCUT2D eigenvalue weighted by molar-refractivity contribution is 0.483. The zero-order valence-electron chi connectivity index (χ0n) is 11.1. The summed E-state index contributed by atoms with van der Waals surface area (Å²) in [6.45, 7) is 6.35. The van der Waals surface area contributed by atoms with Crippen molar-refractivity contribution in [1.82, 2.24) is 0 Å². The van der Waals surface area contributed by atoms with Crippen LogP contribution in [0.4, 0.5) is 0 Å². The zero-order valence-corrected chi connectivity index (χ0v) is 11.9. The summed E-state index contributed by atoms with van der Waals surface area (Å²) >= 11 is 0. The number of aryl methyl sites for hydroxylation is 1. The first-order chi connectivity index (χ1) is 7.79. The van der Waals surface area contributed by atoms with Crippen LogP contribution in [0.2, 0.25) is 0 Å². The highest BCUT2D eigenvalue weighted by Crippen LogP contribution is 2.28. The third kappa shape index (κ3) is 4.90. The molecule has 0 aliphatic rings. The molecule has 0 heterocycles. The number of hydrogen-bond acceptors (Lipinski definition) is 2. The van der Waals surface area contributed by atoms with Gasteiger partial charge in [0.1, 0.15) is 9.84 Å². The Bertz CT molecular complexity index is 444. The van der Waals surface area contributed by atoms with Crippen LogP contribution in [0.15, 0.2) is 24.3 Å². The molecule has 0 aromatic heterocycles. The van der Waals surface area contributed by atoms with Gasteiger partial charge in [-0.15, -0.1) is 0 Å². The molecule has 17 heavy (non-hydrogen) atoms. The van der Waals surface area contributed by atoms with Gasteiger partial charge in [-0.05, 0) is 30.7 Å². The quantitative estimate of drug-likeness (QED) is 0.809. The maximum absolute atomic E-state index is 11.2. The summed E-state index contributed by atoms with van der Waals surface area (Å²) in [5.74, 6) is 1.05. The third-order valence-corrected chi connectivity index (χ3v) is 4.09. The van der Waals surface area contributed by atoms with E-state index in [1.807, 2.05) is 0 Å². The fourth-order valence-electron chi connectivity index (χ4n) is 2.04. The number of hydrogen-bond donors (Lipinski definition) is 0.